The average Bonchev–Trinajstić information content (AvgIpc) is 2.98. The molecule has 2 amide bonds. The second-order valence-electron chi connectivity index (χ2n) is 8.43. The number of anilines is 1. The number of amidine groups is 1. The highest BCUT2D eigenvalue weighted by Gasteiger charge is 2.40. The molecule has 5 nitrogen and oxygen atoms in total. The van der Waals surface area contributed by atoms with Gasteiger partial charge in [0.2, 0.25) is 11.8 Å². The highest BCUT2D eigenvalue weighted by Crippen LogP contribution is 2.36. The summed E-state index contributed by atoms with van der Waals surface area (Å²) in [5, 5.41) is 2.06. The SMILES string of the molecule is Cc1ccc(C)c(N=C2SC(CC(=O)Nc3ccccc3C(F)(F)F)C(=O)N2CC(C)C)c1. The first-order valence-electron chi connectivity index (χ1n) is 10.6. The summed E-state index contributed by atoms with van der Waals surface area (Å²) in [4.78, 5) is 31.9. The number of hydrogen-bond acceptors (Lipinski definition) is 4. The molecule has 0 aliphatic carbocycles. The van der Waals surface area contributed by atoms with Crippen LogP contribution in [0.5, 0.6) is 0 Å². The lowest BCUT2D eigenvalue weighted by molar-refractivity contribution is -0.137. The van der Waals surface area contributed by atoms with Gasteiger partial charge in [-0.3, -0.25) is 14.5 Å². The number of alkyl halides is 3. The predicted molar refractivity (Wildman–Crippen MR) is 126 cm³/mol. The van der Waals surface area contributed by atoms with E-state index in [1.807, 2.05) is 45.9 Å². The van der Waals surface area contributed by atoms with Crippen LogP contribution in [0.15, 0.2) is 47.5 Å². The van der Waals surface area contributed by atoms with Crippen LogP contribution in [0, 0.1) is 19.8 Å². The molecule has 1 saturated heterocycles. The Balaban J connectivity index is 1.81. The molecule has 2 aromatic carbocycles. The van der Waals surface area contributed by atoms with Crippen molar-refractivity contribution < 1.29 is 22.8 Å². The van der Waals surface area contributed by atoms with Gasteiger partial charge in [0.15, 0.2) is 5.17 Å². The molecule has 1 atom stereocenters. The summed E-state index contributed by atoms with van der Waals surface area (Å²) >= 11 is 1.17. The summed E-state index contributed by atoms with van der Waals surface area (Å²) in [7, 11) is 0. The number of nitrogens with zero attached hydrogens (tertiary/aromatic N) is 2. The Bertz CT molecular complexity index is 1080. The highest BCUT2D eigenvalue weighted by atomic mass is 32.2. The molecule has 33 heavy (non-hydrogen) atoms. The van der Waals surface area contributed by atoms with E-state index < -0.39 is 22.9 Å². The maximum Gasteiger partial charge on any atom is 0.418 e. The number of aliphatic imine (C=N–C) groups is 1. The molecule has 1 unspecified atom stereocenters. The number of rotatable bonds is 6. The maximum atomic E-state index is 13.2. The molecule has 1 fully saturated rings. The Labute approximate surface area is 195 Å². The summed E-state index contributed by atoms with van der Waals surface area (Å²) in [6.07, 6.45) is -4.85. The number of thioether (sulfide) groups is 1. The number of hydrogen-bond donors (Lipinski definition) is 1. The van der Waals surface area contributed by atoms with Crippen molar-refractivity contribution in [3.05, 3.63) is 59.2 Å². The molecule has 3 rings (SSSR count). The van der Waals surface area contributed by atoms with Gasteiger partial charge in [-0.1, -0.05) is 49.9 Å². The van der Waals surface area contributed by atoms with Crippen molar-refractivity contribution in [3.8, 4) is 0 Å². The Kier molecular flexibility index (Phi) is 7.51. The van der Waals surface area contributed by atoms with E-state index in [9.17, 15) is 22.8 Å². The monoisotopic (exact) mass is 477 g/mol. The van der Waals surface area contributed by atoms with E-state index in [0.717, 1.165) is 22.9 Å². The molecule has 0 spiro atoms. The van der Waals surface area contributed by atoms with Crippen LogP contribution in [0.3, 0.4) is 0 Å². The first-order chi connectivity index (χ1) is 15.5. The van der Waals surface area contributed by atoms with Gasteiger partial charge in [-0.25, -0.2) is 4.99 Å². The number of para-hydroxylation sites is 1. The Morgan fingerprint density at radius 2 is 1.88 bits per heavy atom. The van der Waals surface area contributed by atoms with Gasteiger partial charge >= 0.3 is 6.18 Å². The van der Waals surface area contributed by atoms with Crippen molar-refractivity contribution in [2.75, 3.05) is 11.9 Å². The van der Waals surface area contributed by atoms with Gasteiger partial charge in [0.1, 0.15) is 5.25 Å². The number of aryl methyl sites for hydroxylation is 2. The average molecular weight is 478 g/mol. The van der Waals surface area contributed by atoms with Crippen LogP contribution in [0.2, 0.25) is 0 Å². The molecule has 0 saturated carbocycles. The number of halogens is 3. The van der Waals surface area contributed by atoms with Crippen LogP contribution in [-0.2, 0) is 15.8 Å². The quantitative estimate of drug-likeness (QED) is 0.560. The molecule has 0 aromatic heterocycles. The second-order valence-corrected chi connectivity index (χ2v) is 9.60. The van der Waals surface area contributed by atoms with Crippen LogP contribution in [-0.4, -0.2) is 33.7 Å². The van der Waals surface area contributed by atoms with E-state index >= 15 is 0 Å². The standard InChI is InChI=1S/C24H26F3N3O2S/c1-14(2)13-30-22(32)20(33-23(30)29-19-11-15(3)9-10-16(19)4)12-21(31)28-18-8-6-5-7-17(18)24(25,26)27/h5-11,14,20H,12-13H2,1-4H3,(H,28,31). The fourth-order valence-corrected chi connectivity index (χ4v) is 4.57. The van der Waals surface area contributed by atoms with Gasteiger partial charge in [0.05, 0.1) is 16.9 Å². The van der Waals surface area contributed by atoms with E-state index in [2.05, 4.69) is 5.32 Å². The third-order valence-electron chi connectivity index (χ3n) is 5.03. The summed E-state index contributed by atoms with van der Waals surface area (Å²) in [6, 6.07) is 10.6. The molecule has 176 valence electrons. The zero-order valence-corrected chi connectivity index (χ0v) is 19.7. The summed E-state index contributed by atoms with van der Waals surface area (Å²) < 4.78 is 39.7. The molecule has 9 heteroatoms. The van der Waals surface area contributed by atoms with E-state index in [1.54, 1.807) is 4.90 Å². The number of amides is 2. The molecular weight excluding hydrogens is 451 g/mol. The molecule has 1 N–H and O–H groups in total. The Morgan fingerprint density at radius 3 is 2.55 bits per heavy atom. The summed E-state index contributed by atoms with van der Waals surface area (Å²) in [5.74, 6) is -0.753. The minimum atomic E-state index is -4.60. The topological polar surface area (TPSA) is 61.8 Å². The molecule has 0 bridgehead atoms. The van der Waals surface area contributed by atoms with E-state index in [4.69, 9.17) is 4.99 Å². The normalized spacial score (nSPS) is 17.8. The smallest absolute Gasteiger partial charge is 0.325 e. The maximum absolute atomic E-state index is 13.2. The summed E-state index contributed by atoms with van der Waals surface area (Å²) in [6.45, 7) is 8.26. The molecule has 1 aliphatic heterocycles. The molecule has 1 heterocycles. The third-order valence-corrected chi connectivity index (χ3v) is 6.20. The third kappa shape index (κ3) is 6.16. The van der Waals surface area contributed by atoms with Crippen molar-refractivity contribution in [2.24, 2.45) is 10.9 Å². The van der Waals surface area contributed by atoms with Gasteiger partial charge in [0, 0.05) is 13.0 Å². The van der Waals surface area contributed by atoms with Gasteiger partial charge in [-0.05, 0) is 49.1 Å². The first-order valence-corrected chi connectivity index (χ1v) is 11.4. The van der Waals surface area contributed by atoms with Gasteiger partial charge in [-0.2, -0.15) is 13.2 Å². The fraction of sp³-hybridized carbons (Fsp3) is 0.375. The molecule has 2 aromatic rings. The van der Waals surface area contributed by atoms with Crippen LogP contribution in [0.1, 0.15) is 37.0 Å². The summed E-state index contributed by atoms with van der Waals surface area (Å²) in [5.41, 5.74) is 1.47. The predicted octanol–water partition coefficient (Wildman–Crippen LogP) is 5.94. The Hall–Kier alpha value is -2.81. The molecule has 0 radical (unpaired) electrons. The van der Waals surface area contributed by atoms with Crippen LogP contribution >= 0.6 is 11.8 Å². The van der Waals surface area contributed by atoms with Crippen molar-refractivity contribution in [1.29, 1.82) is 0 Å². The second kappa shape index (κ2) is 9.99. The lowest BCUT2D eigenvalue weighted by Gasteiger charge is -2.19. The van der Waals surface area contributed by atoms with Gasteiger partial charge in [0.25, 0.3) is 0 Å². The zero-order valence-electron chi connectivity index (χ0n) is 18.9. The lowest BCUT2D eigenvalue weighted by Crippen LogP contribution is -2.36. The number of benzene rings is 2. The number of carbonyl (C=O) groups excluding carboxylic acids is 2. The minimum absolute atomic E-state index is 0.171. The van der Waals surface area contributed by atoms with Crippen molar-refractivity contribution in [3.63, 3.8) is 0 Å². The zero-order chi connectivity index (χ0) is 24.3. The number of nitrogens with one attached hydrogen (secondary N) is 1. The Morgan fingerprint density at radius 1 is 1.18 bits per heavy atom. The van der Waals surface area contributed by atoms with Crippen molar-refractivity contribution >= 4 is 40.1 Å². The van der Waals surface area contributed by atoms with Crippen LogP contribution in [0.4, 0.5) is 24.5 Å². The van der Waals surface area contributed by atoms with E-state index in [0.29, 0.717) is 11.7 Å². The van der Waals surface area contributed by atoms with Gasteiger partial charge in [-0.15, -0.1) is 0 Å². The van der Waals surface area contributed by atoms with Gasteiger partial charge < -0.3 is 5.32 Å². The largest absolute Gasteiger partial charge is 0.418 e. The number of carbonyl (C=O) groups is 2. The molecule has 1 aliphatic rings. The van der Waals surface area contributed by atoms with Crippen molar-refractivity contribution in [2.45, 2.75) is 45.5 Å². The highest BCUT2D eigenvalue weighted by molar-refractivity contribution is 8.15. The van der Waals surface area contributed by atoms with Crippen LogP contribution in [0.25, 0.3) is 0 Å². The fourth-order valence-electron chi connectivity index (χ4n) is 3.41. The van der Waals surface area contributed by atoms with E-state index in [1.165, 1.54) is 30.0 Å². The lowest BCUT2D eigenvalue weighted by atomic mass is 10.1. The minimum Gasteiger partial charge on any atom is -0.325 e. The molecular formula is C24H26F3N3O2S. The van der Waals surface area contributed by atoms with Crippen LogP contribution < -0.4 is 5.32 Å². The van der Waals surface area contributed by atoms with E-state index in [-0.39, 0.29) is 23.9 Å². The first kappa shape index (κ1) is 24.8. The van der Waals surface area contributed by atoms with Crippen molar-refractivity contribution in [1.82, 2.24) is 4.90 Å².